The first-order chi connectivity index (χ1) is 24.9. The number of amides is 2. The molecule has 2 amide bonds. The second-order valence-corrected chi connectivity index (χ2v) is 12.5. The predicted molar refractivity (Wildman–Crippen MR) is 193 cm³/mol. The van der Waals surface area contributed by atoms with E-state index in [4.69, 9.17) is 4.52 Å². The molecule has 0 saturated carbocycles. The number of aryl methyl sites for hydroxylation is 1. The van der Waals surface area contributed by atoms with E-state index >= 15 is 0 Å². The van der Waals surface area contributed by atoms with Gasteiger partial charge in [0.1, 0.15) is 6.54 Å². The minimum absolute atomic E-state index is 0.0253. The predicted octanol–water partition coefficient (Wildman–Crippen LogP) is 8.40. The van der Waals surface area contributed by atoms with Crippen molar-refractivity contribution in [3.63, 3.8) is 0 Å². The van der Waals surface area contributed by atoms with Crippen molar-refractivity contribution in [2.45, 2.75) is 32.7 Å². The average molecular weight is 701 g/mol. The Kier molecular flexibility index (Phi) is 10.3. The van der Waals surface area contributed by atoms with E-state index in [9.17, 15) is 28.3 Å². The van der Waals surface area contributed by atoms with Crippen molar-refractivity contribution in [3.05, 3.63) is 149 Å². The molecule has 0 aliphatic carbocycles. The first-order valence-electron chi connectivity index (χ1n) is 16.4. The van der Waals surface area contributed by atoms with Crippen LogP contribution >= 0.6 is 0 Å². The van der Waals surface area contributed by atoms with Crippen molar-refractivity contribution >= 4 is 23.5 Å². The minimum Gasteiger partial charge on any atom is -0.480 e. The van der Waals surface area contributed by atoms with Crippen LogP contribution in [0, 0.1) is 6.92 Å². The minimum atomic E-state index is -2.97. The van der Waals surface area contributed by atoms with Crippen LogP contribution in [0.15, 0.2) is 126 Å². The zero-order chi connectivity index (χ0) is 36.8. The summed E-state index contributed by atoms with van der Waals surface area (Å²) in [5, 5.41) is 16.4. The number of benzene rings is 5. The van der Waals surface area contributed by atoms with E-state index in [1.54, 1.807) is 24.3 Å². The van der Waals surface area contributed by atoms with Gasteiger partial charge in [-0.05, 0) is 65.6 Å². The number of alkyl halides is 2. The van der Waals surface area contributed by atoms with E-state index in [1.165, 1.54) is 59.0 Å². The van der Waals surface area contributed by atoms with E-state index in [-0.39, 0.29) is 30.0 Å². The lowest BCUT2D eigenvalue weighted by molar-refractivity contribution is -0.137. The second kappa shape index (κ2) is 15.2. The Hall–Kier alpha value is -6.49. The summed E-state index contributed by atoms with van der Waals surface area (Å²) in [5.41, 5.74) is 6.60. The number of aliphatic carboxylic acids is 1. The highest BCUT2D eigenvalue weighted by molar-refractivity contribution is 5.97. The maximum absolute atomic E-state index is 13.5. The van der Waals surface area contributed by atoms with Gasteiger partial charge in [0.05, 0.1) is 6.42 Å². The summed E-state index contributed by atoms with van der Waals surface area (Å²) in [6, 6.07) is 34.8. The third-order valence-corrected chi connectivity index (χ3v) is 8.38. The number of carboxylic acid groups (broad SMARTS) is 1. The van der Waals surface area contributed by atoms with Gasteiger partial charge >= 0.3 is 5.97 Å². The van der Waals surface area contributed by atoms with Gasteiger partial charge in [0, 0.05) is 41.4 Å². The number of anilines is 1. The first kappa shape index (κ1) is 35.3. The Balaban J connectivity index is 1.07. The average Bonchev–Trinajstić information content (AvgIpc) is 3.62. The van der Waals surface area contributed by atoms with Gasteiger partial charge < -0.3 is 19.8 Å². The summed E-state index contributed by atoms with van der Waals surface area (Å²) in [5.74, 6) is -4.26. The summed E-state index contributed by atoms with van der Waals surface area (Å²) in [6.07, 6.45) is -0.0297. The third kappa shape index (κ3) is 8.80. The van der Waals surface area contributed by atoms with Crippen molar-refractivity contribution < 1.29 is 32.8 Å². The van der Waals surface area contributed by atoms with Gasteiger partial charge in [-0.3, -0.25) is 14.4 Å². The summed E-state index contributed by atoms with van der Waals surface area (Å²) >= 11 is 0. The lowest BCUT2D eigenvalue weighted by Crippen LogP contribution is -2.35. The lowest BCUT2D eigenvalue weighted by atomic mass is 10.0. The zero-order valence-electron chi connectivity index (χ0n) is 28.3. The van der Waals surface area contributed by atoms with Gasteiger partial charge in [-0.2, -0.15) is 4.98 Å². The third-order valence-electron chi connectivity index (χ3n) is 8.38. The number of carboxylic acids is 1. The molecule has 2 N–H and O–H groups in total. The molecule has 0 radical (unpaired) electrons. The Morgan fingerprint density at radius 1 is 0.750 bits per heavy atom. The molecule has 262 valence electrons. The van der Waals surface area contributed by atoms with Gasteiger partial charge in [0.15, 0.2) is 0 Å². The molecule has 1 heterocycles. The molecule has 0 fully saturated rings. The molecule has 11 heteroatoms. The van der Waals surface area contributed by atoms with E-state index in [0.717, 1.165) is 23.6 Å². The summed E-state index contributed by atoms with van der Waals surface area (Å²) in [4.78, 5) is 43.4. The molecule has 0 unspecified atom stereocenters. The molecule has 0 aliphatic rings. The molecular weight excluding hydrogens is 666 g/mol. The summed E-state index contributed by atoms with van der Waals surface area (Å²) < 4.78 is 32.5. The second-order valence-electron chi connectivity index (χ2n) is 12.5. The molecule has 1 aromatic heterocycles. The number of hydrogen-bond donors (Lipinski definition) is 2. The van der Waals surface area contributed by atoms with Crippen molar-refractivity contribution in [1.29, 1.82) is 0 Å². The van der Waals surface area contributed by atoms with Crippen LogP contribution in [0.2, 0.25) is 0 Å². The highest BCUT2D eigenvalue weighted by atomic mass is 19.3. The molecule has 0 bridgehead atoms. The molecule has 0 spiro atoms. The summed E-state index contributed by atoms with van der Waals surface area (Å²) in [6.45, 7) is 2.35. The van der Waals surface area contributed by atoms with Crippen LogP contribution in [0.25, 0.3) is 34.0 Å². The van der Waals surface area contributed by atoms with Gasteiger partial charge in [0.2, 0.25) is 11.7 Å². The normalized spacial score (nSPS) is 11.2. The van der Waals surface area contributed by atoms with Gasteiger partial charge in [0.25, 0.3) is 17.7 Å². The monoisotopic (exact) mass is 700 g/mol. The van der Waals surface area contributed by atoms with Crippen molar-refractivity contribution in [1.82, 2.24) is 15.0 Å². The molecule has 0 saturated heterocycles. The Morgan fingerprint density at radius 3 is 1.90 bits per heavy atom. The number of carbonyl (C=O) groups is 3. The fourth-order valence-electron chi connectivity index (χ4n) is 5.54. The SMILES string of the molecule is Cc1ccc(-c2ccc(-c3nc(-c4ccc(CN(CC(=O)O)C(=O)c5ccc(NC(=O)Cc6ccc(C(C)(F)F)cc6)cc5)cc4)no3)cc2)cc1. The van der Waals surface area contributed by atoms with Gasteiger partial charge in [-0.25, -0.2) is 8.78 Å². The number of hydrogen-bond acceptors (Lipinski definition) is 6. The maximum Gasteiger partial charge on any atom is 0.323 e. The smallest absolute Gasteiger partial charge is 0.323 e. The van der Waals surface area contributed by atoms with Crippen LogP contribution in [0.5, 0.6) is 0 Å². The number of rotatable bonds is 12. The number of halogens is 2. The fourth-order valence-corrected chi connectivity index (χ4v) is 5.54. The van der Waals surface area contributed by atoms with Gasteiger partial charge in [-0.15, -0.1) is 0 Å². The van der Waals surface area contributed by atoms with Crippen LogP contribution in [-0.2, 0) is 28.5 Å². The molecular formula is C41H34F2N4O5. The highest BCUT2D eigenvalue weighted by Crippen LogP contribution is 2.28. The zero-order valence-corrected chi connectivity index (χ0v) is 28.3. The molecule has 52 heavy (non-hydrogen) atoms. The molecule has 6 aromatic rings. The van der Waals surface area contributed by atoms with Crippen LogP contribution in [-0.4, -0.2) is 44.5 Å². The van der Waals surface area contributed by atoms with Crippen LogP contribution in [0.1, 0.15) is 39.5 Å². The number of aromatic nitrogens is 2. The largest absolute Gasteiger partial charge is 0.480 e. The van der Waals surface area contributed by atoms with Crippen LogP contribution in [0.4, 0.5) is 14.5 Å². The first-order valence-corrected chi connectivity index (χ1v) is 16.4. The van der Waals surface area contributed by atoms with E-state index in [2.05, 4.69) is 39.7 Å². The van der Waals surface area contributed by atoms with Crippen LogP contribution in [0.3, 0.4) is 0 Å². The molecule has 5 aromatic carbocycles. The molecule has 0 aliphatic heterocycles. The standard InChI is InChI=1S/C41H34F2N4O5/c1-26-3-9-29(10-4-26)30-13-15-32(16-14-30)39-45-38(46-52-39)31-11-5-28(6-12-31)24-47(25-37(49)50)40(51)33-17-21-35(22-18-33)44-36(48)23-27-7-19-34(20-8-27)41(2,42)43/h3-22H,23-25H2,1-2H3,(H,44,48)(H,49,50). The number of carbonyl (C=O) groups excluding carboxylic acids is 2. The molecule has 9 nitrogen and oxygen atoms in total. The Morgan fingerprint density at radius 2 is 1.31 bits per heavy atom. The van der Waals surface area contributed by atoms with Crippen molar-refractivity contribution in [2.75, 3.05) is 11.9 Å². The Labute approximate surface area is 298 Å². The van der Waals surface area contributed by atoms with Crippen molar-refractivity contribution in [3.8, 4) is 34.0 Å². The molecule has 0 atom stereocenters. The van der Waals surface area contributed by atoms with E-state index in [1.807, 2.05) is 31.2 Å². The summed E-state index contributed by atoms with van der Waals surface area (Å²) in [7, 11) is 0. The van der Waals surface area contributed by atoms with E-state index in [0.29, 0.717) is 34.1 Å². The fraction of sp³-hybridized carbons (Fsp3) is 0.146. The van der Waals surface area contributed by atoms with E-state index < -0.39 is 24.3 Å². The highest BCUT2D eigenvalue weighted by Gasteiger charge is 2.24. The quantitative estimate of drug-likeness (QED) is 0.131. The topological polar surface area (TPSA) is 126 Å². The maximum atomic E-state index is 13.5. The lowest BCUT2D eigenvalue weighted by Gasteiger charge is -2.21. The van der Waals surface area contributed by atoms with Gasteiger partial charge in [-0.1, -0.05) is 95.6 Å². The number of nitrogens with zero attached hydrogens (tertiary/aromatic N) is 3. The number of nitrogens with one attached hydrogen (secondary N) is 1. The Bertz CT molecular complexity index is 2180. The van der Waals surface area contributed by atoms with Crippen molar-refractivity contribution in [2.24, 2.45) is 0 Å². The van der Waals surface area contributed by atoms with Crippen LogP contribution < -0.4 is 5.32 Å². The molecule has 6 rings (SSSR count).